The summed E-state index contributed by atoms with van der Waals surface area (Å²) in [7, 11) is 2.41. The van der Waals surface area contributed by atoms with Crippen molar-refractivity contribution in [2.75, 3.05) is 52.9 Å². The Hall–Kier alpha value is -0.160. The lowest BCUT2D eigenvalue weighted by molar-refractivity contribution is -1.19. The van der Waals surface area contributed by atoms with Crippen molar-refractivity contribution in [1.82, 2.24) is 9.80 Å². The molecule has 142 valence electrons. The molecule has 0 aromatic heterocycles. The topological polar surface area (TPSA) is 6.48 Å². The molecular formula is C20H44N4+2. The zero-order valence-electron chi connectivity index (χ0n) is 18.2. The van der Waals surface area contributed by atoms with Crippen LogP contribution in [0.5, 0.6) is 0 Å². The monoisotopic (exact) mass is 340 g/mol. The number of likely N-dealkylation sites (N-methyl/N-ethyl adjacent to an activating group) is 4. The number of rotatable bonds is 5. The van der Waals surface area contributed by atoms with Crippen molar-refractivity contribution in [3.63, 3.8) is 0 Å². The molecule has 0 aromatic rings. The second-order valence-corrected chi connectivity index (χ2v) is 9.33. The minimum absolute atomic E-state index is 0.0503. The average molecular weight is 341 g/mol. The molecule has 0 amide bonds. The van der Waals surface area contributed by atoms with Crippen LogP contribution in [0.2, 0.25) is 0 Å². The Morgan fingerprint density at radius 1 is 0.833 bits per heavy atom. The second-order valence-electron chi connectivity index (χ2n) is 9.33. The second kappa shape index (κ2) is 5.94. The number of hydrogen-bond acceptors (Lipinski definition) is 2. The van der Waals surface area contributed by atoms with Crippen LogP contribution >= 0.6 is 0 Å². The van der Waals surface area contributed by atoms with Gasteiger partial charge in [-0.25, -0.2) is 8.97 Å². The van der Waals surface area contributed by atoms with E-state index in [1.54, 1.807) is 0 Å². The Morgan fingerprint density at radius 3 is 1.71 bits per heavy atom. The molecule has 4 heteroatoms. The number of quaternary nitrogens is 2. The van der Waals surface area contributed by atoms with Gasteiger partial charge in [0, 0.05) is 13.6 Å². The quantitative estimate of drug-likeness (QED) is 0.710. The van der Waals surface area contributed by atoms with Crippen LogP contribution in [0, 0.1) is 0 Å². The minimum Gasteiger partial charge on any atom is -0.241 e. The van der Waals surface area contributed by atoms with Crippen LogP contribution in [0.3, 0.4) is 0 Å². The summed E-state index contributed by atoms with van der Waals surface area (Å²) in [5.41, 5.74) is 0.482. The molecule has 4 nitrogen and oxygen atoms in total. The lowest BCUT2D eigenvalue weighted by Gasteiger charge is -2.60. The molecule has 1 unspecified atom stereocenters. The predicted molar refractivity (Wildman–Crippen MR) is 103 cm³/mol. The molecule has 0 radical (unpaired) electrons. The molecule has 2 fully saturated rings. The van der Waals surface area contributed by atoms with Gasteiger partial charge in [-0.2, -0.15) is 9.80 Å². The maximum Gasteiger partial charge on any atom is 0.357 e. The van der Waals surface area contributed by atoms with Gasteiger partial charge in [0.2, 0.25) is 0 Å². The molecule has 2 saturated heterocycles. The highest BCUT2D eigenvalue weighted by Crippen LogP contribution is 2.57. The van der Waals surface area contributed by atoms with Crippen LogP contribution in [0.25, 0.3) is 0 Å². The Labute approximate surface area is 151 Å². The van der Waals surface area contributed by atoms with Crippen molar-refractivity contribution in [3.05, 3.63) is 0 Å². The Balaban J connectivity index is 2.89. The number of nitrogens with zero attached hydrogens (tertiary/aromatic N) is 4. The van der Waals surface area contributed by atoms with E-state index in [0.717, 1.165) is 6.54 Å². The van der Waals surface area contributed by atoms with Crippen molar-refractivity contribution >= 4 is 0 Å². The number of hydrogen-bond donors (Lipinski definition) is 0. The van der Waals surface area contributed by atoms with Crippen LogP contribution < -0.4 is 0 Å². The summed E-state index contributed by atoms with van der Waals surface area (Å²) in [6.45, 7) is 30.3. The highest BCUT2D eigenvalue weighted by Gasteiger charge is 2.82. The molecule has 24 heavy (non-hydrogen) atoms. The van der Waals surface area contributed by atoms with Gasteiger partial charge in [0.15, 0.2) is 0 Å². The molecule has 0 aliphatic carbocycles. The molecule has 2 aliphatic heterocycles. The van der Waals surface area contributed by atoms with E-state index in [-0.39, 0.29) is 17.0 Å². The summed E-state index contributed by atoms with van der Waals surface area (Å²) in [5.74, 6) is 0.0503. The van der Waals surface area contributed by atoms with E-state index in [4.69, 9.17) is 0 Å². The third kappa shape index (κ3) is 1.94. The maximum atomic E-state index is 2.84. The van der Waals surface area contributed by atoms with Gasteiger partial charge in [0.1, 0.15) is 12.1 Å². The SMILES string of the molecule is CCN1CC(C)(C)[N+](CC)(CC)C12N(C)C(C)(C)C[N+]2(CC)CC. The molecule has 2 rings (SSSR count). The Bertz CT molecular complexity index is 462. The fourth-order valence-electron chi connectivity index (χ4n) is 6.97. The fraction of sp³-hybridized carbons (Fsp3) is 1.00. The van der Waals surface area contributed by atoms with E-state index in [1.807, 2.05) is 0 Å². The highest BCUT2D eigenvalue weighted by molar-refractivity contribution is 5.00. The first-order valence-electron chi connectivity index (χ1n) is 10.2. The van der Waals surface area contributed by atoms with Crippen LogP contribution in [-0.2, 0) is 0 Å². The highest BCUT2D eigenvalue weighted by atomic mass is 15.9. The predicted octanol–water partition coefficient (Wildman–Crippen LogP) is 3.15. The fourth-order valence-corrected chi connectivity index (χ4v) is 6.97. The summed E-state index contributed by atoms with van der Waals surface area (Å²) in [4.78, 5) is 5.61. The molecule has 1 spiro atoms. The van der Waals surface area contributed by atoms with Gasteiger partial charge in [-0.1, -0.05) is 6.92 Å². The third-order valence-electron chi connectivity index (χ3n) is 8.09. The Kier molecular flexibility index (Phi) is 4.99. The Morgan fingerprint density at radius 2 is 1.33 bits per heavy atom. The zero-order valence-corrected chi connectivity index (χ0v) is 18.2. The third-order valence-corrected chi connectivity index (χ3v) is 8.09. The van der Waals surface area contributed by atoms with Gasteiger partial charge in [0.05, 0.1) is 38.3 Å². The van der Waals surface area contributed by atoms with Crippen molar-refractivity contribution in [3.8, 4) is 0 Å². The van der Waals surface area contributed by atoms with Gasteiger partial charge in [-0.05, 0) is 55.4 Å². The smallest absolute Gasteiger partial charge is 0.241 e. The lowest BCUT2D eigenvalue weighted by Crippen LogP contribution is -2.85. The van der Waals surface area contributed by atoms with Crippen LogP contribution in [0.4, 0.5) is 0 Å². The minimum atomic E-state index is 0.0503. The van der Waals surface area contributed by atoms with Crippen molar-refractivity contribution in [2.24, 2.45) is 0 Å². The molecule has 0 N–H and O–H groups in total. The molecule has 2 heterocycles. The summed E-state index contributed by atoms with van der Waals surface area (Å²) < 4.78 is 2.37. The van der Waals surface area contributed by atoms with Crippen LogP contribution in [0.15, 0.2) is 0 Å². The van der Waals surface area contributed by atoms with Crippen molar-refractivity contribution in [1.29, 1.82) is 0 Å². The van der Waals surface area contributed by atoms with Gasteiger partial charge in [-0.3, -0.25) is 0 Å². The largest absolute Gasteiger partial charge is 0.357 e. The maximum absolute atomic E-state index is 2.84. The van der Waals surface area contributed by atoms with E-state index < -0.39 is 0 Å². The zero-order chi connectivity index (χ0) is 18.6. The normalized spacial score (nSPS) is 34.2. The molecule has 0 aromatic carbocycles. The van der Waals surface area contributed by atoms with E-state index in [9.17, 15) is 0 Å². The lowest BCUT2D eigenvalue weighted by atomic mass is 10.00. The van der Waals surface area contributed by atoms with E-state index in [1.165, 1.54) is 48.2 Å². The van der Waals surface area contributed by atoms with E-state index in [2.05, 4.69) is 79.2 Å². The van der Waals surface area contributed by atoms with Gasteiger partial charge in [-0.15, -0.1) is 0 Å². The van der Waals surface area contributed by atoms with Crippen LogP contribution in [0.1, 0.15) is 62.3 Å². The van der Waals surface area contributed by atoms with E-state index in [0.29, 0.717) is 0 Å². The van der Waals surface area contributed by atoms with Gasteiger partial charge in [0.25, 0.3) is 0 Å². The first-order valence-corrected chi connectivity index (χ1v) is 10.2. The van der Waals surface area contributed by atoms with Crippen molar-refractivity contribution in [2.45, 2.75) is 79.3 Å². The first kappa shape index (κ1) is 20.2. The molecule has 0 saturated carbocycles. The van der Waals surface area contributed by atoms with Crippen molar-refractivity contribution < 1.29 is 8.97 Å². The summed E-state index contributed by atoms with van der Waals surface area (Å²) >= 11 is 0. The van der Waals surface area contributed by atoms with E-state index >= 15 is 0 Å². The standard InChI is InChI=1S/C20H44N4/c1-11-22-16-19(8,9)24(14-4,15-5)20(22)21(10)18(6,7)17-23(20,12-2)13-3/h11-17H2,1-10H3/q+2. The molecule has 2 aliphatic rings. The first-order chi connectivity index (χ1) is 11.0. The molecule has 0 bridgehead atoms. The van der Waals surface area contributed by atoms with Gasteiger partial charge >= 0.3 is 5.91 Å². The summed E-state index contributed by atoms with van der Waals surface area (Å²) in [6, 6.07) is 0. The average Bonchev–Trinajstić information content (AvgIpc) is 2.86. The summed E-state index contributed by atoms with van der Waals surface area (Å²) in [5, 5.41) is 0. The van der Waals surface area contributed by atoms with Crippen LogP contribution in [-0.4, -0.2) is 88.6 Å². The molecular weight excluding hydrogens is 296 g/mol. The summed E-state index contributed by atoms with van der Waals surface area (Å²) in [6.07, 6.45) is 0. The molecule has 1 atom stereocenters. The van der Waals surface area contributed by atoms with Gasteiger partial charge < -0.3 is 0 Å².